The van der Waals surface area contributed by atoms with Crippen molar-refractivity contribution in [2.24, 2.45) is 5.41 Å². The number of piperidine rings is 1. The predicted molar refractivity (Wildman–Crippen MR) is 113 cm³/mol. The molecule has 0 bridgehead atoms. The van der Waals surface area contributed by atoms with Gasteiger partial charge in [-0.1, -0.05) is 0 Å². The molecule has 0 saturated carbocycles. The third-order valence-electron chi connectivity index (χ3n) is 6.54. The van der Waals surface area contributed by atoms with Crippen LogP contribution in [0.25, 0.3) is 5.69 Å². The zero-order valence-electron chi connectivity index (χ0n) is 18.0. The van der Waals surface area contributed by atoms with E-state index >= 15 is 0 Å². The summed E-state index contributed by atoms with van der Waals surface area (Å²) in [4.78, 5) is 5.06. The van der Waals surface area contributed by atoms with E-state index in [1.807, 2.05) is 17.7 Å². The molecule has 1 aromatic carbocycles. The lowest BCUT2D eigenvalue weighted by Crippen LogP contribution is -2.45. The maximum absolute atomic E-state index is 14.1. The van der Waals surface area contributed by atoms with Gasteiger partial charge in [0, 0.05) is 39.0 Å². The number of hydrogen-bond donors (Lipinski definition) is 0. The minimum atomic E-state index is -0.178. The Kier molecular flexibility index (Phi) is 6.04. The molecule has 6 heteroatoms. The van der Waals surface area contributed by atoms with Crippen LogP contribution in [0.3, 0.4) is 0 Å². The van der Waals surface area contributed by atoms with Gasteiger partial charge in [-0.3, -0.25) is 4.90 Å². The number of aromatic nitrogens is 2. The maximum atomic E-state index is 14.1. The molecule has 2 fully saturated rings. The highest BCUT2D eigenvalue weighted by Gasteiger charge is 2.41. The predicted octanol–water partition coefficient (Wildman–Crippen LogP) is 3.56. The summed E-state index contributed by atoms with van der Waals surface area (Å²) >= 11 is 0. The quantitative estimate of drug-likeness (QED) is 0.742. The van der Waals surface area contributed by atoms with Crippen LogP contribution in [0.2, 0.25) is 0 Å². The molecule has 1 atom stereocenters. The molecule has 1 spiro atoms. The summed E-state index contributed by atoms with van der Waals surface area (Å²) in [5.74, 6) is -0.178. The van der Waals surface area contributed by atoms with Gasteiger partial charge in [0.1, 0.15) is 5.82 Å². The third-order valence-corrected chi connectivity index (χ3v) is 6.54. The summed E-state index contributed by atoms with van der Waals surface area (Å²) in [5, 5.41) is 4.62. The molecule has 4 rings (SSSR count). The largest absolute Gasteiger partial charge is 0.383 e. The molecule has 0 aliphatic carbocycles. The highest BCUT2D eigenvalue weighted by atomic mass is 19.1. The van der Waals surface area contributed by atoms with E-state index in [9.17, 15) is 4.39 Å². The van der Waals surface area contributed by atoms with Gasteiger partial charge in [-0.2, -0.15) is 5.10 Å². The van der Waals surface area contributed by atoms with E-state index in [2.05, 4.69) is 27.9 Å². The van der Waals surface area contributed by atoms with Gasteiger partial charge in [-0.15, -0.1) is 0 Å². The van der Waals surface area contributed by atoms with E-state index in [0.29, 0.717) is 5.41 Å². The Balaban J connectivity index is 1.49. The number of benzene rings is 1. The lowest BCUT2D eigenvalue weighted by molar-refractivity contribution is 0.0673. The number of halogens is 1. The number of rotatable bonds is 6. The molecule has 1 aromatic heterocycles. The highest BCUT2D eigenvalue weighted by Crippen LogP contribution is 2.39. The number of nitrogens with zero attached hydrogens (tertiary/aromatic N) is 4. The SMILES string of the molecule is COCCN1CCCC2(CCN(Cc3cc(F)ccc3-n3nc(C)cc3C)C2)C1. The summed E-state index contributed by atoms with van der Waals surface area (Å²) in [6, 6.07) is 7.15. The minimum Gasteiger partial charge on any atom is -0.383 e. The van der Waals surface area contributed by atoms with Crippen LogP contribution < -0.4 is 0 Å². The molecule has 2 aliphatic rings. The van der Waals surface area contributed by atoms with Gasteiger partial charge in [0.15, 0.2) is 0 Å². The van der Waals surface area contributed by atoms with Crippen molar-refractivity contribution in [2.45, 2.75) is 39.7 Å². The lowest BCUT2D eigenvalue weighted by Gasteiger charge is -2.40. The molecular weight excluding hydrogens is 367 g/mol. The van der Waals surface area contributed by atoms with E-state index < -0.39 is 0 Å². The van der Waals surface area contributed by atoms with Crippen molar-refractivity contribution in [1.82, 2.24) is 19.6 Å². The molecule has 2 aliphatic heterocycles. The molecule has 3 heterocycles. The van der Waals surface area contributed by atoms with Gasteiger partial charge in [-0.25, -0.2) is 9.07 Å². The van der Waals surface area contributed by atoms with Gasteiger partial charge in [0.2, 0.25) is 0 Å². The van der Waals surface area contributed by atoms with Crippen LogP contribution in [-0.4, -0.2) is 66.0 Å². The van der Waals surface area contributed by atoms with Crippen LogP contribution in [0.15, 0.2) is 24.3 Å². The molecule has 5 nitrogen and oxygen atoms in total. The van der Waals surface area contributed by atoms with Gasteiger partial charge < -0.3 is 9.64 Å². The number of likely N-dealkylation sites (tertiary alicyclic amines) is 2. The van der Waals surface area contributed by atoms with E-state index in [4.69, 9.17) is 4.74 Å². The fourth-order valence-corrected chi connectivity index (χ4v) is 5.22. The monoisotopic (exact) mass is 400 g/mol. The Bertz CT molecular complexity index is 851. The van der Waals surface area contributed by atoms with Crippen molar-refractivity contribution >= 4 is 0 Å². The van der Waals surface area contributed by atoms with Crippen molar-refractivity contribution in [2.75, 3.05) is 46.4 Å². The highest BCUT2D eigenvalue weighted by molar-refractivity contribution is 5.42. The standard InChI is InChI=1S/C23H33FN4O/c1-18-13-19(2)28(25-18)22-6-5-21(24)14-20(22)15-27-10-8-23(17-27)7-4-9-26(16-23)11-12-29-3/h5-6,13-14H,4,7-12,15-17H2,1-3H3. The first-order valence-electron chi connectivity index (χ1n) is 10.7. The van der Waals surface area contributed by atoms with E-state index in [1.54, 1.807) is 13.2 Å². The molecule has 0 N–H and O–H groups in total. The molecule has 29 heavy (non-hydrogen) atoms. The molecule has 158 valence electrons. The zero-order chi connectivity index (χ0) is 20.4. The van der Waals surface area contributed by atoms with Crippen molar-refractivity contribution in [3.05, 3.63) is 47.0 Å². The van der Waals surface area contributed by atoms with Crippen molar-refractivity contribution in [1.29, 1.82) is 0 Å². The molecule has 0 radical (unpaired) electrons. The first kappa shape index (κ1) is 20.5. The number of methoxy groups -OCH3 is 1. The zero-order valence-corrected chi connectivity index (χ0v) is 18.0. The fourth-order valence-electron chi connectivity index (χ4n) is 5.22. The van der Waals surface area contributed by atoms with Crippen LogP contribution in [0, 0.1) is 25.1 Å². The summed E-state index contributed by atoms with van der Waals surface area (Å²) in [5.41, 5.74) is 4.44. The van der Waals surface area contributed by atoms with Crippen molar-refractivity contribution in [3.8, 4) is 5.69 Å². The summed E-state index contributed by atoms with van der Waals surface area (Å²) in [7, 11) is 1.77. The second-order valence-electron chi connectivity index (χ2n) is 8.95. The second-order valence-corrected chi connectivity index (χ2v) is 8.95. The van der Waals surface area contributed by atoms with Crippen LogP contribution >= 0.6 is 0 Å². The molecule has 2 aromatic rings. The Morgan fingerprint density at radius 1 is 1.10 bits per heavy atom. The molecule has 2 saturated heterocycles. The number of hydrogen-bond acceptors (Lipinski definition) is 4. The van der Waals surface area contributed by atoms with E-state index in [-0.39, 0.29) is 5.82 Å². The summed E-state index contributed by atoms with van der Waals surface area (Å²) < 4.78 is 21.3. The van der Waals surface area contributed by atoms with Crippen molar-refractivity contribution in [3.63, 3.8) is 0 Å². The summed E-state index contributed by atoms with van der Waals surface area (Å²) in [6.07, 6.45) is 3.77. The van der Waals surface area contributed by atoms with Crippen LogP contribution in [-0.2, 0) is 11.3 Å². The van der Waals surface area contributed by atoms with Crippen molar-refractivity contribution < 1.29 is 9.13 Å². The van der Waals surface area contributed by atoms with Gasteiger partial charge in [-0.05, 0) is 81.4 Å². The molecule has 1 unspecified atom stereocenters. The molecular formula is C23H33FN4O. The van der Waals surface area contributed by atoms with E-state index in [1.165, 1.54) is 31.9 Å². The van der Waals surface area contributed by atoms with Crippen LogP contribution in [0.4, 0.5) is 4.39 Å². The normalized spacial score (nSPS) is 23.3. The van der Waals surface area contributed by atoms with Crippen LogP contribution in [0.5, 0.6) is 0 Å². The van der Waals surface area contributed by atoms with Gasteiger partial charge in [0.05, 0.1) is 18.0 Å². The number of aryl methyl sites for hydroxylation is 2. The summed E-state index contributed by atoms with van der Waals surface area (Å²) in [6.45, 7) is 11.1. The lowest BCUT2D eigenvalue weighted by atomic mass is 9.79. The number of ether oxygens (including phenoxy) is 1. The van der Waals surface area contributed by atoms with Gasteiger partial charge >= 0.3 is 0 Å². The average Bonchev–Trinajstić information content (AvgIpc) is 3.22. The maximum Gasteiger partial charge on any atom is 0.123 e. The van der Waals surface area contributed by atoms with E-state index in [0.717, 1.165) is 62.0 Å². The topological polar surface area (TPSA) is 33.5 Å². The Morgan fingerprint density at radius 3 is 2.69 bits per heavy atom. The fraction of sp³-hybridized carbons (Fsp3) is 0.609. The average molecular weight is 401 g/mol. The third kappa shape index (κ3) is 4.55. The Hall–Kier alpha value is -1.76. The minimum absolute atomic E-state index is 0.178. The smallest absolute Gasteiger partial charge is 0.123 e. The molecule has 0 amide bonds. The van der Waals surface area contributed by atoms with Crippen LogP contribution in [0.1, 0.15) is 36.2 Å². The second kappa shape index (κ2) is 8.54. The Labute approximate surface area is 173 Å². The first-order valence-corrected chi connectivity index (χ1v) is 10.7. The van der Waals surface area contributed by atoms with Gasteiger partial charge in [0.25, 0.3) is 0 Å². The first-order chi connectivity index (χ1) is 14.0. The Morgan fingerprint density at radius 2 is 1.93 bits per heavy atom.